The van der Waals surface area contributed by atoms with E-state index in [4.69, 9.17) is 4.74 Å². The van der Waals surface area contributed by atoms with Crippen molar-refractivity contribution in [3.63, 3.8) is 0 Å². The molecule has 1 saturated heterocycles. The van der Waals surface area contributed by atoms with Crippen LogP contribution in [0.15, 0.2) is 58.5 Å². The molecule has 1 aliphatic rings. The third kappa shape index (κ3) is 5.85. The Hall–Kier alpha value is -3.40. The molecule has 0 spiro atoms. The summed E-state index contributed by atoms with van der Waals surface area (Å²) in [4.78, 5) is 25.9. The number of nitrogens with zero attached hydrogens (tertiary/aromatic N) is 2. The van der Waals surface area contributed by atoms with E-state index in [2.05, 4.69) is 15.2 Å². The second-order valence-corrected chi connectivity index (χ2v) is 8.86. The van der Waals surface area contributed by atoms with Crippen molar-refractivity contribution in [2.45, 2.75) is 31.6 Å². The minimum absolute atomic E-state index is 0.0156. The second kappa shape index (κ2) is 10.3. The van der Waals surface area contributed by atoms with E-state index < -0.39 is 15.9 Å². The first kappa shape index (κ1) is 23.3. The summed E-state index contributed by atoms with van der Waals surface area (Å²) in [6.07, 6.45) is 1.15. The van der Waals surface area contributed by atoms with Gasteiger partial charge < -0.3 is 9.64 Å². The van der Waals surface area contributed by atoms with Crippen LogP contribution in [0.5, 0.6) is 5.75 Å². The summed E-state index contributed by atoms with van der Waals surface area (Å²) in [7, 11) is -3.91. The maximum absolute atomic E-state index is 12.8. The van der Waals surface area contributed by atoms with Gasteiger partial charge in [-0.05, 0) is 43.3 Å². The lowest BCUT2D eigenvalue weighted by Gasteiger charge is -2.26. The summed E-state index contributed by atoms with van der Waals surface area (Å²) in [6, 6.07) is 12.3. The van der Waals surface area contributed by atoms with Crippen LogP contribution in [-0.2, 0) is 14.8 Å². The predicted molar refractivity (Wildman–Crippen MR) is 121 cm³/mol. The fourth-order valence-electron chi connectivity index (χ4n) is 3.24. The molecule has 3 rings (SSSR count). The third-order valence-corrected chi connectivity index (χ3v) is 6.34. The lowest BCUT2D eigenvalue weighted by Crippen LogP contribution is -2.37. The second-order valence-electron chi connectivity index (χ2n) is 7.18. The van der Waals surface area contributed by atoms with Crippen LogP contribution in [0.25, 0.3) is 0 Å². The molecule has 0 atom stereocenters. The summed E-state index contributed by atoms with van der Waals surface area (Å²) < 4.78 is 33.4. The lowest BCUT2D eigenvalue weighted by molar-refractivity contribution is -0.128. The van der Waals surface area contributed by atoms with Gasteiger partial charge in [-0.1, -0.05) is 12.1 Å². The molecule has 9 nitrogen and oxygen atoms in total. The van der Waals surface area contributed by atoms with Crippen LogP contribution in [0, 0.1) is 0 Å². The summed E-state index contributed by atoms with van der Waals surface area (Å²) in [5.41, 5.74) is 3.57. The molecular weight excluding hydrogens is 432 g/mol. The van der Waals surface area contributed by atoms with Crippen molar-refractivity contribution in [2.24, 2.45) is 5.10 Å². The van der Waals surface area contributed by atoms with Crippen molar-refractivity contribution in [1.29, 1.82) is 0 Å². The zero-order valence-corrected chi connectivity index (χ0v) is 18.8. The Kier molecular flexibility index (Phi) is 7.47. The molecule has 2 aromatic rings. The van der Waals surface area contributed by atoms with Crippen LogP contribution in [0.1, 0.15) is 37.0 Å². The molecule has 0 unspecified atom stereocenters. The highest BCUT2D eigenvalue weighted by molar-refractivity contribution is 7.92. The van der Waals surface area contributed by atoms with Gasteiger partial charge in [0, 0.05) is 38.6 Å². The molecule has 0 aromatic heterocycles. The van der Waals surface area contributed by atoms with E-state index in [-0.39, 0.29) is 22.1 Å². The van der Waals surface area contributed by atoms with Crippen molar-refractivity contribution in [2.75, 3.05) is 24.4 Å². The van der Waals surface area contributed by atoms with E-state index >= 15 is 0 Å². The summed E-state index contributed by atoms with van der Waals surface area (Å²) in [5, 5.41) is 4.16. The number of likely N-dealkylation sites (tertiary alicyclic amines) is 1. The maximum Gasteiger partial charge on any atom is 0.273 e. The summed E-state index contributed by atoms with van der Waals surface area (Å²) in [5.74, 6) is 0.0535. The highest BCUT2D eigenvalue weighted by Gasteiger charge is 2.20. The molecule has 0 aliphatic carbocycles. The number of sulfonamides is 1. The van der Waals surface area contributed by atoms with Gasteiger partial charge in [0.25, 0.3) is 15.9 Å². The number of hydrogen-bond acceptors (Lipinski definition) is 6. The molecule has 32 heavy (non-hydrogen) atoms. The average molecular weight is 459 g/mol. The number of carbonyl (C=O) groups excluding carboxylic acids is 2. The number of benzene rings is 2. The van der Waals surface area contributed by atoms with Gasteiger partial charge in [-0.25, -0.2) is 13.8 Å². The molecule has 0 saturated carbocycles. The topological polar surface area (TPSA) is 117 Å². The number of anilines is 1. The Labute approximate surface area is 187 Å². The van der Waals surface area contributed by atoms with Crippen molar-refractivity contribution in [1.82, 2.24) is 10.3 Å². The largest absolute Gasteiger partial charge is 0.494 e. The van der Waals surface area contributed by atoms with Crippen LogP contribution >= 0.6 is 0 Å². The minimum atomic E-state index is -3.91. The molecular formula is C22H26N4O5S. The number of para-hydroxylation sites is 1. The lowest BCUT2D eigenvalue weighted by atomic mass is 10.1. The Balaban J connectivity index is 1.70. The normalized spacial score (nSPS) is 13.9. The van der Waals surface area contributed by atoms with E-state index in [0.717, 1.165) is 5.71 Å². The average Bonchev–Trinajstić information content (AvgIpc) is 2.78. The summed E-state index contributed by atoms with van der Waals surface area (Å²) >= 11 is 0. The number of nitrogens with one attached hydrogen (secondary N) is 2. The zero-order valence-electron chi connectivity index (χ0n) is 18.0. The van der Waals surface area contributed by atoms with Gasteiger partial charge in [0.2, 0.25) is 5.91 Å². The highest BCUT2D eigenvalue weighted by Crippen LogP contribution is 2.22. The standard InChI is InChI=1S/C22H26N4O5S/c1-3-31-18-8-10-19(11-9-18)32(29,30)25-21-7-5-4-6-20(21)22(28)24-23-17-12-14-26(15-13-17)16(2)27/h4-11,25H,3,12-15H2,1-2H3,(H,24,28). The number of amides is 2. The molecule has 0 radical (unpaired) electrons. The van der Waals surface area contributed by atoms with E-state index in [1.165, 1.54) is 31.2 Å². The van der Waals surface area contributed by atoms with Crippen LogP contribution in [0.3, 0.4) is 0 Å². The predicted octanol–water partition coefficient (Wildman–Crippen LogP) is 2.61. The van der Waals surface area contributed by atoms with Crippen molar-refractivity contribution >= 4 is 33.2 Å². The molecule has 1 aliphatic heterocycles. The van der Waals surface area contributed by atoms with Crippen LogP contribution in [0.2, 0.25) is 0 Å². The highest BCUT2D eigenvalue weighted by atomic mass is 32.2. The Bertz CT molecular complexity index is 1100. The van der Waals surface area contributed by atoms with Crippen LogP contribution in [-0.4, -0.2) is 50.5 Å². The molecule has 1 fully saturated rings. The fourth-order valence-corrected chi connectivity index (χ4v) is 4.32. The number of piperidine rings is 1. The molecule has 2 N–H and O–H groups in total. The molecule has 170 valence electrons. The monoisotopic (exact) mass is 458 g/mol. The fraction of sp³-hybridized carbons (Fsp3) is 0.318. The number of carbonyl (C=O) groups is 2. The number of ether oxygens (including phenoxy) is 1. The first-order valence-electron chi connectivity index (χ1n) is 10.3. The maximum atomic E-state index is 12.8. The third-order valence-electron chi connectivity index (χ3n) is 4.96. The zero-order chi connectivity index (χ0) is 23.1. The molecule has 1 heterocycles. The number of rotatable bonds is 7. The smallest absolute Gasteiger partial charge is 0.273 e. The van der Waals surface area contributed by atoms with Gasteiger partial charge in [-0.3, -0.25) is 14.3 Å². The first-order chi connectivity index (χ1) is 15.3. The van der Waals surface area contributed by atoms with Gasteiger partial charge in [0.05, 0.1) is 22.8 Å². The quantitative estimate of drug-likeness (QED) is 0.619. The molecule has 2 aromatic carbocycles. The molecule has 0 bridgehead atoms. The SMILES string of the molecule is CCOc1ccc(S(=O)(=O)Nc2ccccc2C(=O)NN=C2CCN(C(C)=O)CC2)cc1. The number of hydrazone groups is 1. The van der Waals surface area contributed by atoms with Crippen LogP contribution < -0.4 is 14.9 Å². The Morgan fingerprint density at radius 3 is 2.34 bits per heavy atom. The molecule has 10 heteroatoms. The van der Waals surface area contributed by atoms with Gasteiger partial charge in [0.15, 0.2) is 0 Å². The Morgan fingerprint density at radius 2 is 1.72 bits per heavy atom. The van der Waals surface area contributed by atoms with Gasteiger partial charge >= 0.3 is 0 Å². The minimum Gasteiger partial charge on any atom is -0.494 e. The summed E-state index contributed by atoms with van der Waals surface area (Å²) in [6.45, 7) is 4.96. The van der Waals surface area contributed by atoms with E-state index in [9.17, 15) is 18.0 Å². The van der Waals surface area contributed by atoms with E-state index in [1.807, 2.05) is 6.92 Å². The van der Waals surface area contributed by atoms with Gasteiger partial charge in [-0.15, -0.1) is 0 Å². The van der Waals surface area contributed by atoms with Crippen molar-refractivity contribution in [3.8, 4) is 5.75 Å². The van der Waals surface area contributed by atoms with Gasteiger partial charge in [-0.2, -0.15) is 5.10 Å². The first-order valence-corrected chi connectivity index (χ1v) is 11.7. The number of hydrogen-bond donors (Lipinski definition) is 2. The Morgan fingerprint density at radius 1 is 1.06 bits per heavy atom. The van der Waals surface area contributed by atoms with E-state index in [0.29, 0.717) is 38.3 Å². The van der Waals surface area contributed by atoms with Crippen LogP contribution in [0.4, 0.5) is 5.69 Å². The van der Waals surface area contributed by atoms with Crippen molar-refractivity contribution in [3.05, 3.63) is 54.1 Å². The van der Waals surface area contributed by atoms with E-state index in [1.54, 1.807) is 29.2 Å². The van der Waals surface area contributed by atoms with Crippen molar-refractivity contribution < 1.29 is 22.7 Å². The van der Waals surface area contributed by atoms with Gasteiger partial charge in [0.1, 0.15) is 5.75 Å². The molecule has 2 amide bonds.